The number of tetrazole rings is 1. The lowest BCUT2D eigenvalue weighted by Gasteiger charge is -2.39. The molecule has 1 unspecified atom stereocenters. The monoisotopic (exact) mass is 435 g/mol. The predicted octanol–water partition coefficient (Wildman–Crippen LogP) is -0.658. The number of ether oxygens (including phenoxy) is 2. The summed E-state index contributed by atoms with van der Waals surface area (Å²) in [6.07, 6.45) is 1.96. The van der Waals surface area contributed by atoms with Gasteiger partial charge in [-0.15, -0.1) is 11.7 Å². The first-order valence-corrected chi connectivity index (χ1v) is 9.97. The predicted molar refractivity (Wildman–Crippen MR) is 112 cm³/mol. The molecule has 0 saturated carbocycles. The van der Waals surface area contributed by atoms with E-state index in [4.69, 9.17) is 9.47 Å². The van der Waals surface area contributed by atoms with E-state index in [-0.39, 0.29) is 24.0 Å². The number of rotatable bonds is 7. The van der Waals surface area contributed by atoms with Crippen LogP contribution < -0.4 is 21.9 Å². The highest BCUT2D eigenvalue weighted by molar-refractivity contribution is 5.45. The molecule has 1 aromatic carbocycles. The van der Waals surface area contributed by atoms with E-state index in [1.165, 1.54) is 0 Å². The minimum Gasteiger partial charge on any atom is -1.00 e. The van der Waals surface area contributed by atoms with Crippen molar-refractivity contribution in [2.75, 3.05) is 46.9 Å². The quantitative estimate of drug-likeness (QED) is 0.535. The van der Waals surface area contributed by atoms with Crippen molar-refractivity contribution in [1.29, 1.82) is 0 Å². The largest absolute Gasteiger partial charge is 1.00 e. The maximum atomic E-state index is 5.56. The third kappa shape index (κ3) is 5.11. The normalized spacial score (nSPS) is 16.6. The van der Waals surface area contributed by atoms with Crippen LogP contribution in [0.4, 0.5) is 0 Å². The van der Waals surface area contributed by atoms with Crippen molar-refractivity contribution in [1.82, 2.24) is 30.0 Å². The summed E-state index contributed by atoms with van der Waals surface area (Å²) in [6.45, 7) is 14.9. The molecule has 0 radical (unpaired) electrons. The smallest absolute Gasteiger partial charge is 0.173 e. The Morgan fingerprint density at radius 1 is 1.10 bits per heavy atom. The van der Waals surface area contributed by atoms with Gasteiger partial charge in [-0.1, -0.05) is 12.1 Å². The van der Waals surface area contributed by atoms with Gasteiger partial charge in [0.15, 0.2) is 17.3 Å². The summed E-state index contributed by atoms with van der Waals surface area (Å²) < 4.78 is 12.9. The Bertz CT molecular complexity index is 827. The number of methoxy groups -OCH3 is 2. The number of piperazine rings is 1. The summed E-state index contributed by atoms with van der Waals surface area (Å²) in [5.41, 5.74) is 0.860. The molecule has 2 aromatic rings. The maximum Gasteiger partial charge on any atom is 0.173 e. The average molecular weight is 436 g/mol. The first-order chi connectivity index (χ1) is 13.9. The van der Waals surface area contributed by atoms with Crippen LogP contribution in [0.2, 0.25) is 0 Å². The van der Waals surface area contributed by atoms with E-state index in [1.54, 1.807) is 14.2 Å². The molecule has 30 heavy (non-hydrogen) atoms. The molecule has 1 aliphatic rings. The Kier molecular flexibility index (Phi) is 8.23. The van der Waals surface area contributed by atoms with Crippen molar-refractivity contribution in [3.63, 3.8) is 0 Å². The van der Waals surface area contributed by atoms with Crippen LogP contribution in [0.5, 0.6) is 11.5 Å². The van der Waals surface area contributed by atoms with Crippen molar-refractivity contribution in [3.05, 3.63) is 42.2 Å². The number of nitrogens with zero attached hydrogens (tertiary/aromatic N) is 6. The first kappa shape index (κ1) is 24.1. The van der Waals surface area contributed by atoms with Crippen LogP contribution in [0.15, 0.2) is 30.9 Å². The van der Waals surface area contributed by atoms with Crippen molar-refractivity contribution in [3.8, 4) is 11.5 Å². The zero-order chi connectivity index (χ0) is 21.0. The molecule has 1 aromatic heterocycles. The molecule has 0 amide bonds. The Hall–Kier alpha value is -2.16. The summed E-state index contributed by atoms with van der Waals surface area (Å²) in [5.74, 6) is 2.25. The fraction of sp³-hybridized carbons (Fsp3) is 0.571. The second-order valence-electron chi connectivity index (χ2n) is 8.26. The van der Waals surface area contributed by atoms with Gasteiger partial charge in [-0.25, -0.2) is 4.68 Å². The Balaban J connectivity index is 0.00000320. The van der Waals surface area contributed by atoms with Gasteiger partial charge in [0.05, 0.1) is 25.8 Å². The standard InChI is InChI=1S/C21H32N6O2.ClH/c1-7-10-25-11-13-26(14-12-25)19(20-22-23-24-27(20)21(2,3)4)16-8-9-17(28-5)18(15-16)29-6;/h7-9,15,19H,1,10-14H2,2-6H3;1H/p-1. The lowest BCUT2D eigenvalue weighted by molar-refractivity contribution is -0.00000747. The Morgan fingerprint density at radius 2 is 1.77 bits per heavy atom. The van der Waals surface area contributed by atoms with Gasteiger partial charge in [-0.05, 0) is 48.9 Å². The van der Waals surface area contributed by atoms with Crippen LogP contribution in [0.3, 0.4) is 0 Å². The fourth-order valence-electron chi connectivity index (χ4n) is 3.78. The highest BCUT2D eigenvalue weighted by Crippen LogP contribution is 2.35. The minimum absolute atomic E-state index is 0. The van der Waals surface area contributed by atoms with Crippen LogP contribution in [-0.2, 0) is 5.54 Å². The van der Waals surface area contributed by atoms with E-state index in [2.05, 4.69) is 58.7 Å². The SMILES string of the molecule is C=CCN1CCN(C(c2ccc(OC)c(OC)c2)c2nnnn2C(C)(C)C)CC1.[Cl-]. The highest BCUT2D eigenvalue weighted by atomic mass is 35.5. The van der Waals surface area contributed by atoms with E-state index in [0.29, 0.717) is 11.5 Å². The van der Waals surface area contributed by atoms with Gasteiger partial charge >= 0.3 is 0 Å². The van der Waals surface area contributed by atoms with E-state index in [0.717, 1.165) is 44.1 Å². The Labute approximate surface area is 185 Å². The molecule has 0 N–H and O–H groups in total. The van der Waals surface area contributed by atoms with E-state index in [1.807, 2.05) is 22.9 Å². The fourth-order valence-corrected chi connectivity index (χ4v) is 3.78. The number of hydrogen-bond donors (Lipinski definition) is 0. The van der Waals surface area contributed by atoms with Crippen molar-refractivity contribution < 1.29 is 21.9 Å². The summed E-state index contributed by atoms with van der Waals surface area (Å²) in [5, 5.41) is 12.8. The van der Waals surface area contributed by atoms with Crippen LogP contribution in [0, 0.1) is 0 Å². The lowest BCUT2D eigenvalue weighted by atomic mass is 10.0. The molecule has 166 valence electrons. The van der Waals surface area contributed by atoms with Crippen molar-refractivity contribution >= 4 is 0 Å². The molecule has 0 bridgehead atoms. The lowest BCUT2D eigenvalue weighted by Crippen LogP contribution is -3.00. The van der Waals surface area contributed by atoms with Gasteiger partial charge in [-0.3, -0.25) is 9.80 Å². The molecule has 8 nitrogen and oxygen atoms in total. The van der Waals surface area contributed by atoms with Crippen LogP contribution in [-0.4, -0.2) is 77.0 Å². The van der Waals surface area contributed by atoms with Gasteiger partial charge in [0, 0.05) is 32.7 Å². The summed E-state index contributed by atoms with van der Waals surface area (Å²) in [4.78, 5) is 4.84. The van der Waals surface area contributed by atoms with E-state index in [9.17, 15) is 0 Å². The van der Waals surface area contributed by atoms with Gasteiger partial charge < -0.3 is 21.9 Å². The minimum atomic E-state index is -0.224. The number of hydrogen-bond acceptors (Lipinski definition) is 7. The highest BCUT2D eigenvalue weighted by Gasteiger charge is 2.33. The van der Waals surface area contributed by atoms with E-state index < -0.39 is 0 Å². The average Bonchev–Trinajstić information content (AvgIpc) is 3.19. The maximum absolute atomic E-state index is 5.56. The number of benzene rings is 1. The van der Waals surface area contributed by atoms with Gasteiger partial charge in [0.2, 0.25) is 0 Å². The molecule has 1 saturated heterocycles. The Morgan fingerprint density at radius 3 is 2.33 bits per heavy atom. The second kappa shape index (κ2) is 10.2. The molecule has 0 aliphatic carbocycles. The third-order valence-corrected chi connectivity index (χ3v) is 5.26. The molecule has 2 heterocycles. The summed E-state index contributed by atoms with van der Waals surface area (Å²) in [7, 11) is 3.30. The molecule has 3 rings (SSSR count). The van der Waals surface area contributed by atoms with Gasteiger partial charge in [0.25, 0.3) is 0 Å². The molecular weight excluding hydrogens is 404 g/mol. The second-order valence-corrected chi connectivity index (χ2v) is 8.26. The van der Waals surface area contributed by atoms with Crippen molar-refractivity contribution in [2.45, 2.75) is 32.4 Å². The van der Waals surface area contributed by atoms with E-state index >= 15 is 0 Å². The summed E-state index contributed by atoms with van der Waals surface area (Å²) in [6, 6.07) is 5.97. The van der Waals surface area contributed by atoms with Crippen LogP contribution >= 0.6 is 0 Å². The molecule has 1 aliphatic heterocycles. The molecule has 1 fully saturated rings. The van der Waals surface area contributed by atoms with Gasteiger partial charge in [0.1, 0.15) is 0 Å². The third-order valence-electron chi connectivity index (χ3n) is 5.26. The van der Waals surface area contributed by atoms with Crippen LogP contribution in [0.25, 0.3) is 0 Å². The van der Waals surface area contributed by atoms with Crippen molar-refractivity contribution in [2.24, 2.45) is 0 Å². The molecule has 1 atom stereocenters. The van der Waals surface area contributed by atoms with Gasteiger partial charge in [-0.2, -0.15) is 0 Å². The molecular formula is C21H32ClN6O2-. The topological polar surface area (TPSA) is 68.5 Å². The number of halogens is 1. The molecule has 9 heteroatoms. The first-order valence-electron chi connectivity index (χ1n) is 9.97. The zero-order valence-corrected chi connectivity index (χ0v) is 19.3. The summed E-state index contributed by atoms with van der Waals surface area (Å²) >= 11 is 0. The van der Waals surface area contributed by atoms with Crippen LogP contribution in [0.1, 0.15) is 38.2 Å². The number of aromatic nitrogens is 4. The zero-order valence-electron chi connectivity index (χ0n) is 18.5. The molecule has 0 spiro atoms.